The van der Waals surface area contributed by atoms with E-state index in [9.17, 15) is 0 Å². The van der Waals surface area contributed by atoms with Gasteiger partial charge in [-0.05, 0) is 32.4 Å². The van der Waals surface area contributed by atoms with Gasteiger partial charge in [0.2, 0.25) is 5.88 Å². The van der Waals surface area contributed by atoms with E-state index in [-0.39, 0.29) is 6.10 Å². The van der Waals surface area contributed by atoms with Crippen LogP contribution in [-0.2, 0) is 12.8 Å². The Kier molecular flexibility index (Phi) is 3.99. The van der Waals surface area contributed by atoms with Gasteiger partial charge in [-0.1, -0.05) is 6.07 Å². The molecule has 0 saturated carbocycles. The molecule has 0 N–H and O–H groups in total. The van der Waals surface area contributed by atoms with Crippen molar-refractivity contribution in [3.8, 4) is 5.88 Å². The quantitative estimate of drug-likeness (QED) is 0.865. The average molecular weight is 284 g/mol. The van der Waals surface area contributed by atoms with Gasteiger partial charge in [0.05, 0.1) is 11.8 Å². The highest BCUT2D eigenvalue weighted by Crippen LogP contribution is 2.24. The third-order valence-corrected chi connectivity index (χ3v) is 3.57. The first-order valence-corrected chi connectivity index (χ1v) is 7.39. The molecule has 0 bridgehead atoms. The predicted octanol–water partition coefficient (Wildman–Crippen LogP) is 2.26. The van der Waals surface area contributed by atoms with Gasteiger partial charge >= 0.3 is 0 Å². The maximum absolute atomic E-state index is 5.82. The molecule has 5 nitrogen and oxygen atoms in total. The fourth-order valence-electron chi connectivity index (χ4n) is 2.59. The lowest BCUT2D eigenvalue weighted by Gasteiger charge is -2.20. The summed E-state index contributed by atoms with van der Waals surface area (Å²) in [5.74, 6) is 1.75. The Morgan fingerprint density at radius 1 is 1.10 bits per heavy atom. The van der Waals surface area contributed by atoms with Crippen molar-refractivity contribution in [3.05, 3.63) is 42.0 Å². The van der Waals surface area contributed by atoms with Crippen molar-refractivity contribution in [2.24, 2.45) is 0 Å². The van der Waals surface area contributed by atoms with Crippen LogP contribution in [-0.4, -0.2) is 34.1 Å². The zero-order chi connectivity index (χ0) is 14.7. The maximum Gasteiger partial charge on any atom is 0.220 e. The Labute approximate surface area is 125 Å². The summed E-state index contributed by atoms with van der Waals surface area (Å²) in [5, 5.41) is 0. The van der Waals surface area contributed by atoms with Crippen LogP contribution in [0.2, 0.25) is 0 Å². The molecule has 3 heterocycles. The highest BCUT2D eigenvalue weighted by Gasteiger charge is 2.20. The molecule has 5 heteroatoms. The minimum atomic E-state index is 0.124. The number of anilines is 1. The lowest BCUT2D eigenvalue weighted by molar-refractivity contribution is 0.229. The Morgan fingerprint density at radius 3 is 2.71 bits per heavy atom. The Balaban J connectivity index is 1.83. The fraction of sp³-hybridized carbons (Fsp3) is 0.438. The summed E-state index contributed by atoms with van der Waals surface area (Å²) in [6, 6.07) is 6.01. The first-order valence-electron chi connectivity index (χ1n) is 7.39. The summed E-state index contributed by atoms with van der Waals surface area (Å²) in [7, 11) is 0. The largest absolute Gasteiger partial charge is 0.475 e. The van der Waals surface area contributed by atoms with Crippen LogP contribution in [0.1, 0.15) is 25.1 Å². The van der Waals surface area contributed by atoms with E-state index in [0.29, 0.717) is 0 Å². The van der Waals surface area contributed by atoms with Crippen LogP contribution in [0.3, 0.4) is 0 Å². The molecule has 1 aliphatic rings. The summed E-state index contributed by atoms with van der Waals surface area (Å²) in [5.41, 5.74) is 2.24. The van der Waals surface area contributed by atoms with E-state index in [4.69, 9.17) is 4.74 Å². The van der Waals surface area contributed by atoms with E-state index in [1.165, 1.54) is 0 Å². The molecular formula is C16H20N4O. The average Bonchev–Trinajstić information content (AvgIpc) is 2.71. The van der Waals surface area contributed by atoms with E-state index in [2.05, 4.69) is 19.9 Å². The lowest BCUT2D eigenvalue weighted by atomic mass is 10.1. The van der Waals surface area contributed by atoms with Crippen molar-refractivity contribution in [2.45, 2.75) is 32.8 Å². The third-order valence-electron chi connectivity index (χ3n) is 3.57. The number of hydrogen-bond donors (Lipinski definition) is 0. The molecule has 0 unspecified atom stereocenters. The SMILES string of the molecule is CC(C)Oc1ncnc2c1CCN(c1ccccn1)CC2. The smallest absolute Gasteiger partial charge is 0.220 e. The maximum atomic E-state index is 5.82. The molecule has 0 fully saturated rings. The topological polar surface area (TPSA) is 51.1 Å². The number of ether oxygens (including phenoxy) is 1. The number of rotatable bonds is 3. The second-order valence-corrected chi connectivity index (χ2v) is 5.45. The molecule has 0 aliphatic carbocycles. The van der Waals surface area contributed by atoms with Crippen LogP contribution in [0.25, 0.3) is 0 Å². The highest BCUT2D eigenvalue weighted by atomic mass is 16.5. The number of pyridine rings is 1. The summed E-state index contributed by atoms with van der Waals surface area (Å²) in [4.78, 5) is 15.5. The molecule has 1 aliphatic heterocycles. The van der Waals surface area contributed by atoms with Gasteiger partial charge < -0.3 is 9.64 Å². The van der Waals surface area contributed by atoms with Crippen LogP contribution >= 0.6 is 0 Å². The number of hydrogen-bond acceptors (Lipinski definition) is 5. The normalized spacial score (nSPS) is 14.7. The first-order chi connectivity index (χ1) is 10.2. The zero-order valence-electron chi connectivity index (χ0n) is 12.5. The van der Waals surface area contributed by atoms with E-state index in [0.717, 1.165) is 48.9 Å². The Morgan fingerprint density at radius 2 is 1.95 bits per heavy atom. The summed E-state index contributed by atoms with van der Waals surface area (Å²) in [6.45, 7) is 5.87. The molecule has 0 atom stereocenters. The lowest BCUT2D eigenvalue weighted by Crippen LogP contribution is -2.26. The van der Waals surface area contributed by atoms with Crippen molar-refractivity contribution >= 4 is 5.82 Å². The molecule has 2 aromatic heterocycles. The van der Waals surface area contributed by atoms with Crippen LogP contribution in [0.4, 0.5) is 5.82 Å². The van der Waals surface area contributed by atoms with E-state index in [1.807, 2.05) is 38.2 Å². The van der Waals surface area contributed by atoms with Gasteiger partial charge in [-0.3, -0.25) is 0 Å². The summed E-state index contributed by atoms with van der Waals surface area (Å²) < 4.78 is 5.82. The summed E-state index contributed by atoms with van der Waals surface area (Å²) in [6.07, 6.45) is 5.34. The monoisotopic (exact) mass is 284 g/mol. The second kappa shape index (κ2) is 6.08. The van der Waals surface area contributed by atoms with Crippen molar-refractivity contribution in [2.75, 3.05) is 18.0 Å². The van der Waals surface area contributed by atoms with Gasteiger partial charge in [0.1, 0.15) is 12.1 Å². The van der Waals surface area contributed by atoms with E-state index < -0.39 is 0 Å². The number of fused-ring (bicyclic) bond motifs is 1. The molecule has 0 amide bonds. The van der Waals surface area contributed by atoms with Gasteiger partial charge in [0.15, 0.2) is 0 Å². The highest BCUT2D eigenvalue weighted by molar-refractivity contribution is 5.41. The Hall–Kier alpha value is -2.17. The molecule has 2 aromatic rings. The minimum absolute atomic E-state index is 0.124. The third kappa shape index (κ3) is 3.12. The molecule has 3 rings (SSSR count). The van der Waals surface area contributed by atoms with E-state index >= 15 is 0 Å². The molecule has 0 radical (unpaired) electrons. The second-order valence-electron chi connectivity index (χ2n) is 5.45. The van der Waals surface area contributed by atoms with Crippen LogP contribution < -0.4 is 9.64 Å². The number of nitrogens with zero attached hydrogens (tertiary/aromatic N) is 4. The molecule has 110 valence electrons. The van der Waals surface area contributed by atoms with Crippen LogP contribution in [0.15, 0.2) is 30.7 Å². The van der Waals surface area contributed by atoms with Gasteiger partial charge in [-0.15, -0.1) is 0 Å². The number of aromatic nitrogens is 3. The molecule has 0 spiro atoms. The van der Waals surface area contributed by atoms with Gasteiger partial charge in [0.25, 0.3) is 0 Å². The van der Waals surface area contributed by atoms with Gasteiger partial charge in [-0.2, -0.15) is 0 Å². The minimum Gasteiger partial charge on any atom is -0.475 e. The van der Waals surface area contributed by atoms with Crippen LogP contribution in [0.5, 0.6) is 5.88 Å². The molecular weight excluding hydrogens is 264 g/mol. The van der Waals surface area contributed by atoms with Gasteiger partial charge in [0, 0.05) is 31.3 Å². The fourth-order valence-corrected chi connectivity index (χ4v) is 2.59. The van der Waals surface area contributed by atoms with Crippen LogP contribution in [0, 0.1) is 0 Å². The molecule has 0 aromatic carbocycles. The summed E-state index contributed by atoms with van der Waals surface area (Å²) >= 11 is 0. The van der Waals surface area contributed by atoms with Crippen molar-refractivity contribution in [1.82, 2.24) is 15.0 Å². The van der Waals surface area contributed by atoms with E-state index in [1.54, 1.807) is 6.33 Å². The Bertz CT molecular complexity index is 600. The van der Waals surface area contributed by atoms with Crippen molar-refractivity contribution < 1.29 is 4.74 Å². The van der Waals surface area contributed by atoms with Gasteiger partial charge in [-0.25, -0.2) is 15.0 Å². The van der Waals surface area contributed by atoms with Crippen molar-refractivity contribution in [3.63, 3.8) is 0 Å². The predicted molar refractivity (Wildman–Crippen MR) is 81.7 cm³/mol. The zero-order valence-corrected chi connectivity index (χ0v) is 12.5. The van der Waals surface area contributed by atoms with Crippen molar-refractivity contribution in [1.29, 1.82) is 0 Å². The molecule has 21 heavy (non-hydrogen) atoms. The first kappa shape index (κ1) is 13.8. The molecule has 0 saturated heterocycles. The standard InChI is InChI=1S/C16H20N4O/c1-12(2)21-16-13-6-9-20(15-5-3-4-8-17-15)10-7-14(13)18-11-19-16/h3-5,8,11-12H,6-7,9-10H2,1-2H3.